The molecule has 0 fully saturated rings. The van der Waals surface area contributed by atoms with Crippen LogP contribution in [-0.2, 0) is 10.0 Å². The maximum absolute atomic E-state index is 12.2. The van der Waals surface area contributed by atoms with Gasteiger partial charge in [-0.25, -0.2) is 13.4 Å². The number of hydrogen-bond acceptors (Lipinski definition) is 4. The van der Waals surface area contributed by atoms with Gasteiger partial charge in [0.25, 0.3) is 10.0 Å². The van der Waals surface area contributed by atoms with E-state index in [4.69, 9.17) is 11.6 Å². The van der Waals surface area contributed by atoms with Gasteiger partial charge in [-0.3, -0.25) is 4.72 Å². The van der Waals surface area contributed by atoms with Crippen LogP contribution >= 0.6 is 11.6 Å². The molecule has 1 aromatic heterocycles. The molecule has 0 aliphatic rings. The van der Waals surface area contributed by atoms with E-state index in [0.717, 1.165) is 5.56 Å². The maximum atomic E-state index is 12.2. The van der Waals surface area contributed by atoms with Gasteiger partial charge in [-0.2, -0.15) is 0 Å². The van der Waals surface area contributed by atoms with Gasteiger partial charge in [-0.1, -0.05) is 17.7 Å². The van der Waals surface area contributed by atoms with Crippen molar-refractivity contribution in [2.45, 2.75) is 11.8 Å². The third-order valence-electron chi connectivity index (χ3n) is 2.73. The zero-order valence-electron chi connectivity index (χ0n) is 11.0. The first-order valence-electron chi connectivity index (χ1n) is 5.85. The standard InChI is InChI=1S/C13H14ClN3O2S/c1-9-3-4-10(7-12(9)14)17-20(18,19)11-5-6-13(15-2)16-8-11/h3-8,17H,1-2H3,(H,15,16). The fourth-order valence-corrected chi connectivity index (χ4v) is 2.73. The molecule has 0 saturated heterocycles. The summed E-state index contributed by atoms with van der Waals surface area (Å²) in [5.74, 6) is 0.599. The summed E-state index contributed by atoms with van der Waals surface area (Å²) >= 11 is 5.97. The smallest absolute Gasteiger partial charge is 0.263 e. The molecule has 5 nitrogen and oxygen atoms in total. The highest BCUT2D eigenvalue weighted by Gasteiger charge is 2.15. The van der Waals surface area contributed by atoms with Crippen LogP contribution in [0.3, 0.4) is 0 Å². The molecular weight excluding hydrogens is 298 g/mol. The highest BCUT2D eigenvalue weighted by Crippen LogP contribution is 2.22. The number of aryl methyl sites for hydroxylation is 1. The summed E-state index contributed by atoms with van der Waals surface area (Å²) < 4.78 is 26.8. The summed E-state index contributed by atoms with van der Waals surface area (Å²) in [6.45, 7) is 1.85. The van der Waals surface area contributed by atoms with Gasteiger partial charge in [-0.15, -0.1) is 0 Å². The quantitative estimate of drug-likeness (QED) is 0.911. The number of nitrogens with one attached hydrogen (secondary N) is 2. The number of sulfonamides is 1. The molecule has 0 spiro atoms. The lowest BCUT2D eigenvalue weighted by Gasteiger charge is -2.09. The van der Waals surface area contributed by atoms with E-state index in [-0.39, 0.29) is 4.90 Å². The van der Waals surface area contributed by atoms with Crippen molar-refractivity contribution in [2.24, 2.45) is 0 Å². The van der Waals surface area contributed by atoms with Crippen molar-refractivity contribution < 1.29 is 8.42 Å². The third-order valence-corrected chi connectivity index (χ3v) is 4.50. The Kier molecular flexibility index (Phi) is 4.15. The summed E-state index contributed by atoms with van der Waals surface area (Å²) in [7, 11) is -1.96. The van der Waals surface area contributed by atoms with Crippen LogP contribution in [0.1, 0.15) is 5.56 Å². The van der Waals surface area contributed by atoms with Crippen LogP contribution in [-0.4, -0.2) is 20.4 Å². The maximum Gasteiger partial charge on any atom is 0.263 e. The zero-order chi connectivity index (χ0) is 14.8. The van der Waals surface area contributed by atoms with Crippen LogP contribution in [0.2, 0.25) is 5.02 Å². The SMILES string of the molecule is CNc1ccc(S(=O)(=O)Nc2ccc(C)c(Cl)c2)cn1. The first kappa shape index (κ1) is 14.6. The van der Waals surface area contributed by atoms with E-state index in [1.54, 1.807) is 31.3 Å². The normalized spacial score (nSPS) is 11.2. The van der Waals surface area contributed by atoms with E-state index in [0.29, 0.717) is 16.5 Å². The zero-order valence-corrected chi connectivity index (χ0v) is 12.6. The number of nitrogens with zero attached hydrogens (tertiary/aromatic N) is 1. The molecule has 0 aliphatic carbocycles. The summed E-state index contributed by atoms with van der Waals surface area (Å²) in [6, 6.07) is 8.06. The van der Waals surface area contributed by atoms with E-state index >= 15 is 0 Å². The second-order valence-corrected chi connectivity index (χ2v) is 6.29. The first-order chi connectivity index (χ1) is 9.42. The lowest BCUT2D eigenvalue weighted by Crippen LogP contribution is -2.13. The van der Waals surface area contributed by atoms with Gasteiger partial charge in [0.2, 0.25) is 0 Å². The van der Waals surface area contributed by atoms with Crippen molar-refractivity contribution in [3.05, 3.63) is 47.1 Å². The highest BCUT2D eigenvalue weighted by molar-refractivity contribution is 7.92. The Hall–Kier alpha value is -1.79. The largest absolute Gasteiger partial charge is 0.373 e. The molecule has 1 heterocycles. The Morgan fingerprint density at radius 2 is 1.95 bits per heavy atom. The summed E-state index contributed by atoms with van der Waals surface area (Å²) in [5, 5.41) is 3.33. The predicted octanol–water partition coefficient (Wildman–Crippen LogP) is 2.89. The highest BCUT2D eigenvalue weighted by atomic mass is 35.5. The second-order valence-electron chi connectivity index (χ2n) is 4.20. The molecular formula is C13H14ClN3O2S. The Bertz CT molecular complexity index is 715. The van der Waals surface area contributed by atoms with Gasteiger partial charge in [0.1, 0.15) is 10.7 Å². The van der Waals surface area contributed by atoms with Gasteiger partial charge in [0.05, 0.1) is 5.69 Å². The van der Waals surface area contributed by atoms with Crippen molar-refractivity contribution in [1.82, 2.24) is 4.98 Å². The molecule has 7 heteroatoms. The summed E-state index contributed by atoms with van der Waals surface area (Å²) in [6.07, 6.45) is 1.30. The summed E-state index contributed by atoms with van der Waals surface area (Å²) in [5.41, 5.74) is 1.30. The molecule has 2 N–H and O–H groups in total. The number of benzene rings is 1. The Balaban J connectivity index is 2.27. The van der Waals surface area contributed by atoms with E-state index < -0.39 is 10.0 Å². The van der Waals surface area contributed by atoms with E-state index in [1.807, 2.05) is 6.92 Å². The Morgan fingerprint density at radius 1 is 1.20 bits per heavy atom. The first-order valence-corrected chi connectivity index (χ1v) is 7.71. The second kappa shape index (κ2) is 5.68. The van der Waals surface area contributed by atoms with Crippen LogP contribution in [0.25, 0.3) is 0 Å². The molecule has 0 radical (unpaired) electrons. The lowest BCUT2D eigenvalue weighted by atomic mass is 10.2. The van der Waals surface area contributed by atoms with E-state index in [9.17, 15) is 8.42 Å². The van der Waals surface area contributed by atoms with E-state index in [1.165, 1.54) is 12.3 Å². The molecule has 106 valence electrons. The minimum atomic E-state index is -3.67. The number of pyridine rings is 1. The van der Waals surface area contributed by atoms with Crippen molar-refractivity contribution in [3.8, 4) is 0 Å². The molecule has 0 saturated carbocycles. The fraction of sp³-hybridized carbons (Fsp3) is 0.154. The number of rotatable bonds is 4. The molecule has 20 heavy (non-hydrogen) atoms. The monoisotopic (exact) mass is 311 g/mol. The van der Waals surface area contributed by atoms with Gasteiger partial charge >= 0.3 is 0 Å². The molecule has 0 aliphatic heterocycles. The van der Waals surface area contributed by atoms with Crippen molar-refractivity contribution in [1.29, 1.82) is 0 Å². The van der Waals surface area contributed by atoms with Crippen LogP contribution in [0.15, 0.2) is 41.4 Å². The third kappa shape index (κ3) is 3.20. The minimum Gasteiger partial charge on any atom is -0.373 e. The molecule has 0 amide bonds. The van der Waals surface area contributed by atoms with Crippen LogP contribution < -0.4 is 10.0 Å². The molecule has 0 bridgehead atoms. The van der Waals surface area contributed by atoms with Crippen molar-refractivity contribution in [2.75, 3.05) is 17.1 Å². The number of halogens is 1. The Morgan fingerprint density at radius 3 is 2.50 bits per heavy atom. The fourth-order valence-electron chi connectivity index (χ4n) is 1.56. The predicted molar refractivity (Wildman–Crippen MR) is 80.8 cm³/mol. The topological polar surface area (TPSA) is 71.1 Å². The van der Waals surface area contributed by atoms with Crippen LogP contribution in [0.5, 0.6) is 0 Å². The number of hydrogen-bond donors (Lipinski definition) is 2. The molecule has 2 rings (SSSR count). The van der Waals surface area contributed by atoms with Gasteiger partial charge in [0.15, 0.2) is 0 Å². The average molecular weight is 312 g/mol. The number of anilines is 2. The van der Waals surface area contributed by atoms with E-state index in [2.05, 4.69) is 15.0 Å². The van der Waals surface area contributed by atoms with Crippen molar-refractivity contribution in [3.63, 3.8) is 0 Å². The van der Waals surface area contributed by atoms with Gasteiger partial charge < -0.3 is 5.32 Å². The van der Waals surface area contributed by atoms with Gasteiger partial charge in [0, 0.05) is 18.3 Å². The van der Waals surface area contributed by atoms with Gasteiger partial charge in [-0.05, 0) is 36.8 Å². The van der Waals surface area contributed by atoms with Crippen LogP contribution in [0.4, 0.5) is 11.5 Å². The number of aromatic nitrogens is 1. The summed E-state index contributed by atoms with van der Waals surface area (Å²) in [4.78, 5) is 4.07. The molecule has 0 atom stereocenters. The van der Waals surface area contributed by atoms with Crippen molar-refractivity contribution >= 4 is 33.1 Å². The molecule has 0 unspecified atom stereocenters. The van der Waals surface area contributed by atoms with Crippen LogP contribution in [0, 0.1) is 6.92 Å². The molecule has 1 aromatic carbocycles. The molecule has 2 aromatic rings. The lowest BCUT2D eigenvalue weighted by molar-refractivity contribution is 0.601. The minimum absolute atomic E-state index is 0.0909. The average Bonchev–Trinajstić information content (AvgIpc) is 2.43. The Labute approximate surface area is 123 Å².